The van der Waals surface area contributed by atoms with E-state index in [4.69, 9.17) is 9.47 Å². The molecule has 8 nitrogen and oxygen atoms in total. The quantitative estimate of drug-likeness (QED) is 0.634. The Kier molecular flexibility index (Phi) is 9.61. The lowest BCUT2D eigenvalue weighted by molar-refractivity contribution is -0.140. The number of ether oxygens (including phenoxy) is 2. The molecule has 0 aromatic heterocycles. The van der Waals surface area contributed by atoms with E-state index in [-0.39, 0.29) is 60.3 Å². The molecular formula is C22H34F3N3O5S. The third-order valence-electron chi connectivity index (χ3n) is 5.91. The topological polar surface area (TPSA) is 88.2 Å². The lowest BCUT2D eigenvalue weighted by Crippen LogP contribution is -2.47. The van der Waals surface area contributed by atoms with Crippen LogP contribution in [0.4, 0.5) is 18.9 Å². The van der Waals surface area contributed by atoms with Gasteiger partial charge in [-0.2, -0.15) is 13.2 Å². The second-order valence-corrected chi connectivity index (χ2v) is 10.7. The number of hydrogen-bond donors (Lipinski definition) is 1. The second kappa shape index (κ2) is 11.6. The maximum atomic E-state index is 13.2. The van der Waals surface area contributed by atoms with E-state index in [1.807, 2.05) is 6.92 Å². The van der Waals surface area contributed by atoms with Crippen LogP contribution in [0.15, 0.2) is 18.2 Å². The summed E-state index contributed by atoms with van der Waals surface area (Å²) in [4.78, 5) is 16.4. The van der Waals surface area contributed by atoms with Crippen molar-refractivity contribution in [1.29, 1.82) is 0 Å². The molecule has 1 aromatic rings. The first-order chi connectivity index (χ1) is 15.8. The summed E-state index contributed by atoms with van der Waals surface area (Å²) >= 11 is 0. The fraction of sp³-hybridized carbons (Fsp3) is 0.682. The van der Waals surface area contributed by atoms with Crippen molar-refractivity contribution in [3.05, 3.63) is 23.8 Å². The van der Waals surface area contributed by atoms with Gasteiger partial charge in [0.1, 0.15) is 12.4 Å². The number of likely N-dealkylation sites (N-methyl/N-ethyl adjacent to an activating group) is 1. The van der Waals surface area contributed by atoms with Gasteiger partial charge in [-0.15, -0.1) is 0 Å². The zero-order valence-electron chi connectivity index (χ0n) is 20.2. The van der Waals surface area contributed by atoms with Crippen LogP contribution in [0.1, 0.15) is 37.6 Å². The van der Waals surface area contributed by atoms with Gasteiger partial charge in [0.15, 0.2) is 0 Å². The number of nitrogens with one attached hydrogen (secondary N) is 1. The highest BCUT2D eigenvalue weighted by molar-refractivity contribution is 7.92. The highest BCUT2D eigenvalue weighted by Crippen LogP contribution is 2.27. The molecule has 34 heavy (non-hydrogen) atoms. The second-order valence-electron chi connectivity index (χ2n) is 8.67. The van der Waals surface area contributed by atoms with Crippen molar-refractivity contribution in [3.8, 4) is 5.75 Å². The first-order valence-electron chi connectivity index (χ1n) is 11.1. The zero-order valence-corrected chi connectivity index (χ0v) is 21.0. The van der Waals surface area contributed by atoms with Gasteiger partial charge in [0.05, 0.1) is 23.8 Å². The number of carbonyl (C=O) groups excluding carboxylic acids is 1. The minimum absolute atomic E-state index is 0.0479. The van der Waals surface area contributed by atoms with Gasteiger partial charge in [-0.3, -0.25) is 14.4 Å². The predicted molar refractivity (Wildman–Crippen MR) is 124 cm³/mol. The number of rotatable bonds is 6. The molecule has 1 heterocycles. The van der Waals surface area contributed by atoms with Crippen LogP contribution in [0.25, 0.3) is 0 Å². The molecule has 0 saturated carbocycles. The van der Waals surface area contributed by atoms with E-state index < -0.39 is 28.7 Å². The summed E-state index contributed by atoms with van der Waals surface area (Å²) in [6.07, 6.45) is -5.65. The fourth-order valence-electron chi connectivity index (χ4n) is 3.75. The number of fused-ring (bicyclic) bond motifs is 1. The summed E-state index contributed by atoms with van der Waals surface area (Å²) < 4.78 is 76.6. The third-order valence-corrected chi connectivity index (χ3v) is 7.22. The molecule has 194 valence electrons. The number of anilines is 1. The predicted octanol–water partition coefficient (Wildman–Crippen LogP) is 3.21. The van der Waals surface area contributed by atoms with Crippen LogP contribution in [0.5, 0.6) is 5.75 Å². The number of halogens is 3. The van der Waals surface area contributed by atoms with Crippen LogP contribution in [0, 0.1) is 5.92 Å². The minimum Gasteiger partial charge on any atom is -0.491 e. The molecule has 0 saturated heterocycles. The summed E-state index contributed by atoms with van der Waals surface area (Å²) in [6, 6.07) is 4.01. The van der Waals surface area contributed by atoms with Crippen molar-refractivity contribution < 1.29 is 35.9 Å². The average molecular weight is 510 g/mol. The Bertz CT molecular complexity index is 942. The lowest BCUT2D eigenvalue weighted by atomic mass is 10.0. The van der Waals surface area contributed by atoms with E-state index >= 15 is 0 Å². The van der Waals surface area contributed by atoms with Crippen LogP contribution >= 0.6 is 0 Å². The number of benzene rings is 1. The molecule has 1 aliphatic rings. The highest BCUT2D eigenvalue weighted by Gasteiger charge is 2.32. The van der Waals surface area contributed by atoms with E-state index in [1.165, 1.54) is 37.1 Å². The summed E-state index contributed by atoms with van der Waals surface area (Å²) in [5, 5.41) is 0. The highest BCUT2D eigenvalue weighted by atomic mass is 32.2. The molecule has 3 atom stereocenters. The minimum atomic E-state index is -4.28. The Morgan fingerprint density at radius 1 is 1.24 bits per heavy atom. The number of methoxy groups -OCH3 is 1. The zero-order chi connectivity index (χ0) is 25.7. The Hall–Kier alpha value is -2.05. The molecule has 0 unspecified atom stereocenters. The molecule has 1 N–H and O–H groups in total. The van der Waals surface area contributed by atoms with E-state index in [2.05, 4.69) is 4.72 Å². The van der Waals surface area contributed by atoms with Gasteiger partial charge >= 0.3 is 6.18 Å². The number of amides is 1. The Morgan fingerprint density at radius 2 is 1.91 bits per heavy atom. The molecule has 0 spiro atoms. The van der Waals surface area contributed by atoms with Crippen molar-refractivity contribution in [3.63, 3.8) is 0 Å². The van der Waals surface area contributed by atoms with Crippen LogP contribution in [0.2, 0.25) is 0 Å². The van der Waals surface area contributed by atoms with Gasteiger partial charge in [0, 0.05) is 45.5 Å². The number of nitrogens with zero attached hydrogens (tertiary/aromatic N) is 2. The molecule has 0 radical (unpaired) electrons. The number of alkyl halides is 3. The van der Waals surface area contributed by atoms with E-state index in [1.54, 1.807) is 18.9 Å². The van der Waals surface area contributed by atoms with E-state index in [0.29, 0.717) is 6.54 Å². The average Bonchev–Trinajstić information content (AvgIpc) is 2.76. The molecule has 0 aliphatic carbocycles. The first-order valence-corrected chi connectivity index (χ1v) is 12.8. The number of hydrogen-bond acceptors (Lipinski definition) is 6. The van der Waals surface area contributed by atoms with Gasteiger partial charge in [-0.1, -0.05) is 6.92 Å². The van der Waals surface area contributed by atoms with Crippen molar-refractivity contribution in [2.75, 3.05) is 50.9 Å². The van der Waals surface area contributed by atoms with Crippen molar-refractivity contribution in [2.45, 2.75) is 45.5 Å². The molecular weight excluding hydrogens is 475 g/mol. The summed E-state index contributed by atoms with van der Waals surface area (Å²) in [7, 11) is -0.469. The van der Waals surface area contributed by atoms with Crippen molar-refractivity contribution >= 4 is 21.6 Å². The molecule has 12 heteroatoms. The van der Waals surface area contributed by atoms with Gasteiger partial charge in [0.25, 0.3) is 5.91 Å². The maximum absolute atomic E-state index is 13.2. The Labute approximate surface area is 199 Å². The molecule has 0 fully saturated rings. The normalized spacial score (nSPS) is 23.5. The van der Waals surface area contributed by atoms with E-state index in [9.17, 15) is 26.4 Å². The first kappa shape index (κ1) is 28.2. The summed E-state index contributed by atoms with van der Waals surface area (Å²) in [5.74, 6) is -0.462. The van der Waals surface area contributed by atoms with Crippen molar-refractivity contribution in [2.24, 2.45) is 5.92 Å². The van der Waals surface area contributed by atoms with Crippen LogP contribution < -0.4 is 9.46 Å². The van der Waals surface area contributed by atoms with Crippen LogP contribution in [-0.4, -0.2) is 88.6 Å². The van der Waals surface area contributed by atoms with E-state index in [0.717, 1.165) is 0 Å². The molecule has 1 aliphatic heterocycles. The fourth-order valence-corrected chi connectivity index (χ4v) is 4.38. The standard InChI is InChI=1S/C22H34F3N3O5S/c1-6-34(30,31)26-17-7-8-19-18(11-17)21(29)27(4)13-20(32-5)15(2)12-28(16(3)14-33-19)10-9-22(23,24)25/h7-8,11,15-16,20,26H,6,9-10,12-14H2,1-5H3/t15-,16-,20-/m1/s1. The smallest absolute Gasteiger partial charge is 0.390 e. The molecule has 0 bridgehead atoms. The summed E-state index contributed by atoms with van der Waals surface area (Å²) in [6.45, 7) is 5.54. The van der Waals surface area contributed by atoms with Gasteiger partial charge in [0.2, 0.25) is 10.0 Å². The van der Waals surface area contributed by atoms with Crippen molar-refractivity contribution in [1.82, 2.24) is 9.80 Å². The Morgan fingerprint density at radius 3 is 2.50 bits per heavy atom. The molecule has 1 amide bonds. The third kappa shape index (κ3) is 8.02. The van der Waals surface area contributed by atoms with Gasteiger partial charge < -0.3 is 14.4 Å². The van der Waals surface area contributed by atoms with Crippen LogP contribution in [0.3, 0.4) is 0 Å². The largest absolute Gasteiger partial charge is 0.491 e. The van der Waals surface area contributed by atoms with Crippen LogP contribution in [-0.2, 0) is 14.8 Å². The maximum Gasteiger partial charge on any atom is 0.390 e. The summed E-state index contributed by atoms with van der Waals surface area (Å²) in [5.41, 5.74) is 0.366. The van der Waals surface area contributed by atoms with Gasteiger partial charge in [-0.25, -0.2) is 8.42 Å². The SMILES string of the molecule is CCS(=O)(=O)Nc1ccc2c(c1)C(=O)N(C)C[C@@H](OC)[C@H](C)CN(CCC(F)(F)F)[C@H](C)CO2. The molecule has 2 rings (SSSR count). The van der Waals surface area contributed by atoms with Gasteiger partial charge in [-0.05, 0) is 38.0 Å². The lowest BCUT2D eigenvalue weighted by Gasteiger charge is -2.36. The monoisotopic (exact) mass is 509 g/mol. The number of sulfonamides is 1. The number of carbonyl (C=O) groups is 1. The molecule has 1 aromatic carbocycles. The Balaban J connectivity index is 2.42.